The Morgan fingerprint density at radius 2 is 2.00 bits per heavy atom. The summed E-state index contributed by atoms with van der Waals surface area (Å²) in [7, 11) is 1.87. The highest BCUT2D eigenvalue weighted by Crippen LogP contribution is 2.28. The molecular formula is C13H11FN2O. The third-order valence-electron chi connectivity index (χ3n) is 3.14. The lowest BCUT2D eigenvalue weighted by Crippen LogP contribution is -2.06. The molecule has 1 aromatic carbocycles. The Kier molecular flexibility index (Phi) is 1.90. The molecule has 0 amide bonds. The van der Waals surface area contributed by atoms with Crippen molar-refractivity contribution in [3.8, 4) is 0 Å². The largest absolute Gasteiger partial charge is 0.342 e. The van der Waals surface area contributed by atoms with Gasteiger partial charge in [-0.15, -0.1) is 0 Å². The van der Waals surface area contributed by atoms with Crippen LogP contribution in [-0.4, -0.2) is 9.55 Å². The van der Waals surface area contributed by atoms with E-state index in [1.807, 2.05) is 18.5 Å². The third-order valence-corrected chi connectivity index (χ3v) is 3.14. The molecule has 0 spiro atoms. The van der Waals surface area contributed by atoms with Crippen LogP contribution in [0.5, 0.6) is 0 Å². The summed E-state index contributed by atoms with van der Waals surface area (Å²) in [6, 6.07) is 6.17. The number of H-pyrrole nitrogens is 1. The van der Waals surface area contributed by atoms with Gasteiger partial charge in [0.15, 0.2) is 0 Å². The van der Waals surface area contributed by atoms with Gasteiger partial charge in [0.2, 0.25) is 5.56 Å². The first-order chi connectivity index (χ1) is 8.08. The fraction of sp³-hybridized carbons (Fsp3) is 0.154. The van der Waals surface area contributed by atoms with Crippen molar-refractivity contribution in [3.63, 3.8) is 0 Å². The summed E-state index contributed by atoms with van der Waals surface area (Å²) in [5, 5.41) is 1.77. The summed E-state index contributed by atoms with van der Waals surface area (Å²) in [5.74, 6) is -0.271. The van der Waals surface area contributed by atoms with E-state index >= 15 is 0 Å². The zero-order chi connectivity index (χ0) is 12.2. The normalized spacial score (nSPS) is 11.5. The lowest BCUT2D eigenvalue weighted by Gasteiger charge is -2.00. The van der Waals surface area contributed by atoms with Crippen molar-refractivity contribution >= 4 is 21.8 Å². The van der Waals surface area contributed by atoms with Gasteiger partial charge in [0, 0.05) is 29.6 Å². The SMILES string of the molecule is Cc1[nH]c(=O)cc2c3ccc(F)cc3n(C)c12. The first-order valence-electron chi connectivity index (χ1n) is 5.35. The molecule has 3 nitrogen and oxygen atoms in total. The van der Waals surface area contributed by atoms with Crippen LogP contribution in [-0.2, 0) is 7.05 Å². The van der Waals surface area contributed by atoms with E-state index in [4.69, 9.17) is 0 Å². The standard InChI is InChI=1S/C13H11FN2O/c1-7-13-10(6-12(17)15-7)9-4-3-8(14)5-11(9)16(13)2/h3-6H,1-2H3,(H,15,17). The van der Waals surface area contributed by atoms with Crippen molar-refractivity contribution in [3.05, 3.63) is 46.1 Å². The van der Waals surface area contributed by atoms with Gasteiger partial charge in [-0.3, -0.25) is 4.79 Å². The van der Waals surface area contributed by atoms with Crippen LogP contribution >= 0.6 is 0 Å². The van der Waals surface area contributed by atoms with Crippen LogP contribution in [0.3, 0.4) is 0 Å². The zero-order valence-electron chi connectivity index (χ0n) is 9.54. The molecule has 0 aliphatic carbocycles. The number of hydrogen-bond acceptors (Lipinski definition) is 1. The van der Waals surface area contributed by atoms with Gasteiger partial charge >= 0.3 is 0 Å². The molecule has 17 heavy (non-hydrogen) atoms. The van der Waals surface area contributed by atoms with Gasteiger partial charge in [0.1, 0.15) is 5.82 Å². The smallest absolute Gasteiger partial charge is 0.248 e. The molecule has 0 saturated heterocycles. The molecule has 2 heterocycles. The molecule has 2 aromatic heterocycles. The quantitative estimate of drug-likeness (QED) is 0.633. The lowest BCUT2D eigenvalue weighted by molar-refractivity contribution is 0.629. The van der Waals surface area contributed by atoms with Crippen LogP contribution in [0.4, 0.5) is 4.39 Å². The van der Waals surface area contributed by atoms with E-state index in [0.717, 1.165) is 27.5 Å². The third kappa shape index (κ3) is 1.30. The average Bonchev–Trinajstić information content (AvgIpc) is 2.52. The Morgan fingerprint density at radius 3 is 2.76 bits per heavy atom. The van der Waals surface area contributed by atoms with Gasteiger partial charge in [-0.2, -0.15) is 0 Å². The van der Waals surface area contributed by atoms with Crippen molar-refractivity contribution in [2.24, 2.45) is 7.05 Å². The first kappa shape index (κ1) is 10.1. The Hall–Kier alpha value is -2.10. The minimum Gasteiger partial charge on any atom is -0.342 e. The first-order valence-corrected chi connectivity index (χ1v) is 5.35. The summed E-state index contributed by atoms with van der Waals surface area (Å²) in [5.41, 5.74) is 2.39. The number of aromatic nitrogens is 2. The van der Waals surface area contributed by atoms with Gasteiger partial charge in [-0.25, -0.2) is 4.39 Å². The van der Waals surface area contributed by atoms with Crippen molar-refractivity contribution < 1.29 is 4.39 Å². The van der Waals surface area contributed by atoms with E-state index in [9.17, 15) is 9.18 Å². The van der Waals surface area contributed by atoms with Gasteiger partial charge < -0.3 is 9.55 Å². The number of nitrogens with one attached hydrogen (secondary N) is 1. The molecular weight excluding hydrogens is 219 g/mol. The Labute approximate surface area is 96.5 Å². The number of rotatable bonds is 0. The second-order valence-corrected chi connectivity index (χ2v) is 4.24. The van der Waals surface area contributed by atoms with E-state index in [1.54, 1.807) is 12.1 Å². The number of benzene rings is 1. The monoisotopic (exact) mass is 230 g/mol. The van der Waals surface area contributed by atoms with Crippen LogP contribution in [0.25, 0.3) is 21.8 Å². The van der Waals surface area contributed by atoms with Gasteiger partial charge in [-0.05, 0) is 25.1 Å². The summed E-state index contributed by atoms with van der Waals surface area (Å²) in [6.45, 7) is 1.85. The van der Waals surface area contributed by atoms with Crippen molar-refractivity contribution in [1.82, 2.24) is 9.55 Å². The predicted octanol–water partition coefficient (Wildman–Crippen LogP) is 2.47. The van der Waals surface area contributed by atoms with Crippen LogP contribution < -0.4 is 5.56 Å². The van der Waals surface area contributed by atoms with Gasteiger partial charge in [0.25, 0.3) is 0 Å². The number of pyridine rings is 1. The number of halogens is 1. The minimum absolute atomic E-state index is 0.133. The maximum absolute atomic E-state index is 13.2. The second-order valence-electron chi connectivity index (χ2n) is 4.24. The fourth-order valence-corrected chi connectivity index (χ4v) is 2.45. The van der Waals surface area contributed by atoms with Gasteiger partial charge in [0.05, 0.1) is 11.0 Å². The Balaban J connectivity index is 2.68. The highest BCUT2D eigenvalue weighted by molar-refractivity contribution is 6.08. The summed E-state index contributed by atoms with van der Waals surface area (Å²) in [4.78, 5) is 14.2. The van der Waals surface area contributed by atoms with E-state index in [0.29, 0.717) is 0 Å². The van der Waals surface area contributed by atoms with E-state index < -0.39 is 0 Å². The van der Waals surface area contributed by atoms with E-state index in [1.165, 1.54) is 12.1 Å². The lowest BCUT2D eigenvalue weighted by atomic mass is 10.1. The molecule has 1 N–H and O–H groups in total. The molecule has 0 saturated carbocycles. The highest BCUT2D eigenvalue weighted by atomic mass is 19.1. The predicted molar refractivity (Wildman–Crippen MR) is 65.7 cm³/mol. The van der Waals surface area contributed by atoms with E-state index in [-0.39, 0.29) is 11.4 Å². The summed E-state index contributed by atoms with van der Waals surface area (Å²) in [6.07, 6.45) is 0. The molecule has 0 unspecified atom stereocenters. The highest BCUT2D eigenvalue weighted by Gasteiger charge is 2.11. The molecule has 0 atom stereocenters. The topological polar surface area (TPSA) is 37.8 Å². The molecule has 86 valence electrons. The number of aryl methyl sites for hydroxylation is 2. The molecule has 0 aliphatic heterocycles. The van der Waals surface area contributed by atoms with Crippen molar-refractivity contribution in [1.29, 1.82) is 0 Å². The fourth-order valence-electron chi connectivity index (χ4n) is 2.45. The minimum atomic E-state index is -0.271. The van der Waals surface area contributed by atoms with Crippen molar-refractivity contribution in [2.75, 3.05) is 0 Å². The molecule has 0 fully saturated rings. The number of nitrogens with zero attached hydrogens (tertiary/aromatic N) is 1. The van der Waals surface area contributed by atoms with Crippen LogP contribution in [0.1, 0.15) is 5.69 Å². The van der Waals surface area contributed by atoms with Crippen molar-refractivity contribution in [2.45, 2.75) is 6.92 Å². The maximum Gasteiger partial charge on any atom is 0.248 e. The maximum atomic E-state index is 13.2. The van der Waals surface area contributed by atoms with E-state index in [2.05, 4.69) is 4.98 Å². The molecule has 0 bridgehead atoms. The van der Waals surface area contributed by atoms with Crippen LogP contribution in [0, 0.1) is 12.7 Å². The molecule has 3 rings (SSSR count). The molecule has 0 aliphatic rings. The Morgan fingerprint density at radius 1 is 1.24 bits per heavy atom. The summed E-state index contributed by atoms with van der Waals surface area (Å²) < 4.78 is 15.1. The number of fused-ring (bicyclic) bond motifs is 3. The second kappa shape index (κ2) is 3.20. The zero-order valence-corrected chi connectivity index (χ0v) is 9.54. The molecule has 0 radical (unpaired) electrons. The summed E-state index contributed by atoms with van der Waals surface area (Å²) >= 11 is 0. The Bertz CT molecular complexity index is 798. The number of aromatic amines is 1. The van der Waals surface area contributed by atoms with Crippen LogP contribution in [0.2, 0.25) is 0 Å². The number of hydrogen-bond donors (Lipinski definition) is 1. The molecule has 4 heteroatoms. The van der Waals surface area contributed by atoms with Crippen LogP contribution in [0.15, 0.2) is 29.1 Å². The van der Waals surface area contributed by atoms with Gasteiger partial charge in [-0.1, -0.05) is 0 Å². The molecule has 3 aromatic rings. The average molecular weight is 230 g/mol.